The molecule has 330 valence electrons. The highest BCUT2D eigenvalue weighted by molar-refractivity contribution is 5.91. The Hall–Kier alpha value is -6.30. The fourth-order valence-corrected chi connectivity index (χ4v) is 1.60. The van der Waals surface area contributed by atoms with Crippen LogP contribution in [0.25, 0.3) is 0 Å². The summed E-state index contributed by atoms with van der Waals surface area (Å²) in [5, 5.41) is 9.39. The van der Waals surface area contributed by atoms with Crippen LogP contribution in [0.2, 0.25) is 0 Å². The molecular weight excluding hydrogens is 764 g/mol. The molecule has 0 aliphatic heterocycles. The van der Waals surface area contributed by atoms with E-state index in [1.807, 2.05) is 6.92 Å². The number of carbonyl (C=O) groups excluding carboxylic acids is 10. The fraction of sp³-hybridized carbons (Fsp3) is 0.677. The van der Waals surface area contributed by atoms with Gasteiger partial charge < -0.3 is 73.4 Å². The van der Waals surface area contributed by atoms with Crippen LogP contribution < -0.4 is 21.3 Å². The third-order valence-corrected chi connectivity index (χ3v) is 4.43. The zero-order chi connectivity index (χ0) is 45.3. The maximum absolute atomic E-state index is 10.5. The molecule has 0 heterocycles. The zero-order valence-corrected chi connectivity index (χ0v) is 34.5. The molecule has 25 nitrogen and oxygen atoms in total. The van der Waals surface area contributed by atoms with Gasteiger partial charge in [-0.1, -0.05) is 6.92 Å². The molecule has 0 aliphatic carbocycles. The molecule has 0 rings (SSSR count). The summed E-state index contributed by atoms with van der Waals surface area (Å²) in [5.41, 5.74) is 0. The van der Waals surface area contributed by atoms with Crippen molar-refractivity contribution in [3.63, 3.8) is 0 Å². The number of alkyl carbamates (subject to hydrolysis) is 4. The Balaban J connectivity index is -0.000000103. The van der Waals surface area contributed by atoms with Crippen molar-refractivity contribution in [2.24, 2.45) is 0 Å². The van der Waals surface area contributed by atoms with Crippen LogP contribution in [0.3, 0.4) is 0 Å². The first-order chi connectivity index (χ1) is 26.3. The normalized spacial score (nSPS) is 7.96. The van der Waals surface area contributed by atoms with Gasteiger partial charge in [-0.25, -0.2) is 24.0 Å². The van der Waals surface area contributed by atoms with E-state index in [0.29, 0.717) is 25.9 Å². The minimum atomic E-state index is -0.657. The van der Waals surface area contributed by atoms with E-state index in [9.17, 15) is 47.9 Å². The van der Waals surface area contributed by atoms with Gasteiger partial charge in [0, 0.05) is 33.4 Å². The predicted molar refractivity (Wildman–Crippen MR) is 192 cm³/mol. The minimum absolute atomic E-state index is 0.0145. The summed E-state index contributed by atoms with van der Waals surface area (Å²) in [7, 11) is 14.1. The lowest BCUT2D eigenvalue weighted by Crippen LogP contribution is -2.36. The molecular formula is C31H60N4O21. The van der Waals surface area contributed by atoms with Gasteiger partial charge in [-0.2, -0.15) is 0 Å². The molecule has 0 aromatic carbocycles. The Kier molecular flexibility index (Phi) is 61.2. The summed E-state index contributed by atoms with van der Waals surface area (Å²) in [6.07, 6.45) is -1.10. The second-order valence-corrected chi connectivity index (χ2v) is 8.41. The number of hydrogen-bond donors (Lipinski definition) is 4. The largest absolute Gasteiger partial charge is 0.507 e. The lowest BCUT2D eigenvalue weighted by molar-refractivity contribution is -0.151. The van der Waals surface area contributed by atoms with Crippen molar-refractivity contribution < 1.29 is 100 Å². The summed E-state index contributed by atoms with van der Waals surface area (Å²) in [4.78, 5) is 101. The summed E-state index contributed by atoms with van der Waals surface area (Å²) < 4.78 is 46.1. The first kappa shape index (κ1) is 64.6. The Morgan fingerprint density at radius 1 is 0.393 bits per heavy atom. The van der Waals surface area contributed by atoms with Crippen molar-refractivity contribution in [3.8, 4) is 0 Å². The minimum Gasteiger partial charge on any atom is -0.469 e. The second kappa shape index (κ2) is 53.1. The average molecular weight is 825 g/mol. The van der Waals surface area contributed by atoms with Crippen LogP contribution in [0.15, 0.2) is 0 Å². The van der Waals surface area contributed by atoms with Crippen LogP contribution in [0.5, 0.6) is 0 Å². The number of hydrogen-bond acceptors (Lipinski definition) is 21. The smallest absolute Gasteiger partial charge is 0.469 e. The average Bonchev–Trinajstić information content (AvgIpc) is 3.20. The maximum atomic E-state index is 10.5. The van der Waals surface area contributed by atoms with Gasteiger partial charge in [-0.15, -0.1) is 0 Å². The van der Waals surface area contributed by atoms with E-state index in [1.165, 1.54) is 92.1 Å². The van der Waals surface area contributed by atoms with E-state index in [0.717, 1.165) is 6.42 Å². The summed E-state index contributed by atoms with van der Waals surface area (Å²) in [6.45, 7) is 5.56. The molecule has 0 fully saturated rings. The number of nitrogens with one attached hydrogen (secondary N) is 4. The highest BCUT2D eigenvalue weighted by Crippen LogP contribution is 1.87. The van der Waals surface area contributed by atoms with E-state index in [1.54, 1.807) is 0 Å². The molecule has 0 unspecified atom stereocenters. The Bertz CT molecular complexity index is 1010. The Labute approximate surface area is 326 Å². The number of esters is 5. The third-order valence-electron chi connectivity index (χ3n) is 4.43. The van der Waals surface area contributed by atoms with Gasteiger partial charge in [0.25, 0.3) is 0 Å². The number of methoxy groups -OCH3 is 11. The second-order valence-electron chi connectivity index (χ2n) is 8.41. The summed E-state index contributed by atoms with van der Waals surface area (Å²) in [5.74, 6) is -1.78. The van der Waals surface area contributed by atoms with Gasteiger partial charge in [-0.3, -0.25) is 24.0 Å². The van der Waals surface area contributed by atoms with Crippen LogP contribution >= 0.6 is 0 Å². The topological polar surface area (TPSA) is 320 Å². The van der Waals surface area contributed by atoms with Gasteiger partial charge in [-0.05, 0) is 12.8 Å². The first-order valence-electron chi connectivity index (χ1n) is 15.5. The van der Waals surface area contributed by atoms with Gasteiger partial charge in [0.1, 0.15) is 6.42 Å². The van der Waals surface area contributed by atoms with Gasteiger partial charge in [0.2, 0.25) is 0 Å². The molecule has 4 amide bonds. The molecule has 0 spiro atoms. The van der Waals surface area contributed by atoms with Crippen molar-refractivity contribution in [2.45, 2.75) is 46.5 Å². The molecule has 0 aromatic heterocycles. The molecule has 0 radical (unpaired) electrons. The van der Waals surface area contributed by atoms with Crippen LogP contribution in [0, 0.1) is 0 Å². The Morgan fingerprint density at radius 3 is 0.857 bits per heavy atom. The number of rotatable bonds is 10. The molecule has 0 saturated heterocycles. The fourth-order valence-electron chi connectivity index (χ4n) is 1.60. The van der Waals surface area contributed by atoms with E-state index < -0.39 is 42.5 Å². The number of carbonyl (C=O) groups is 10. The predicted octanol–water partition coefficient (Wildman–Crippen LogP) is 1.18. The van der Waals surface area contributed by atoms with E-state index in [4.69, 9.17) is 0 Å². The van der Waals surface area contributed by atoms with Crippen molar-refractivity contribution in [3.05, 3.63) is 0 Å². The van der Waals surface area contributed by atoms with Crippen molar-refractivity contribution in [1.29, 1.82) is 0 Å². The molecule has 0 aromatic rings. The molecule has 25 heteroatoms. The molecule has 56 heavy (non-hydrogen) atoms. The molecule has 0 atom stereocenters. The van der Waals surface area contributed by atoms with Crippen molar-refractivity contribution in [2.75, 3.05) is 98.0 Å². The lowest BCUT2D eigenvalue weighted by Gasteiger charge is -2.04. The van der Waals surface area contributed by atoms with Crippen LogP contribution in [-0.2, 0) is 76.1 Å². The Morgan fingerprint density at radius 2 is 0.679 bits per heavy atom. The van der Waals surface area contributed by atoms with Gasteiger partial charge >= 0.3 is 60.4 Å². The standard InChI is InChI=1S/C7H14N2O4.C5H10N2O4.C5H8O4.C5H10O2.C3H6O3.2C3H6O2/c1-12-6(10)8-4-3-5-9-7(11)13-2;1-10-4(8)6-3-7-5(9)11-2;1-8-4(6)3-5(7)9-2;1-3-4-5(6)7-2;1-5-3(4)6-2;2*1-3(4)5-2/h3-5H2,1-2H3,(H,8,10)(H,9,11);3H2,1-2H3,(H,6,8)(H,7,9);3H2,1-2H3;3-4H2,1-2H3;1-2H3;2*1-2H3. The van der Waals surface area contributed by atoms with Gasteiger partial charge in [0.05, 0.1) is 84.9 Å². The lowest BCUT2D eigenvalue weighted by atomic mass is 10.3. The molecule has 0 aliphatic rings. The third kappa shape index (κ3) is 77.2. The quantitative estimate of drug-likeness (QED) is 0.0790. The highest BCUT2D eigenvalue weighted by Gasteiger charge is 2.07. The van der Waals surface area contributed by atoms with Gasteiger partial charge in [0.15, 0.2) is 0 Å². The van der Waals surface area contributed by atoms with Crippen LogP contribution in [0.1, 0.15) is 46.5 Å². The maximum Gasteiger partial charge on any atom is 0.507 e. The first-order valence-corrected chi connectivity index (χ1v) is 15.5. The number of ether oxygens (including phenoxy) is 11. The molecule has 4 N–H and O–H groups in total. The van der Waals surface area contributed by atoms with E-state index >= 15 is 0 Å². The monoisotopic (exact) mass is 824 g/mol. The molecule has 0 saturated carbocycles. The number of amides is 4. The van der Waals surface area contributed by atoms with Crippen LogP contribution in [-0.4, -0.2) is 158 Å². The van der Waals surface area contributed by atoms with Crippen LogP contribution in [0.4, 0.5) is 24.0 Å². The summed E-state index contributed by atoms with van der Waals surface area (Å²) in [6, 6.07) is 0. The summed E-state index contributed by atoms with van der Waals surface area (Å²) >= 11 is 0. The van der Waals surface area contributed by atoms with Crippen molar-refractivity contribution in [1.82, 2.24) is 21.3 Å². The highest BCUT2D eigenvalue weighted by atomic mass is 16.7. The van der Waals surface area contributed by atoms with Crippen molar-refractivity contribution >= 4 is 60.4 Å². The molecule has 0 bridgehead atoms. The zero-order valence-electron chi connectivity index (χ0n) is 34.5. The SMILES string of the molecule is CCCC(=O)OC.COC(=O)CC(=O)OC.COC(=O)NCCCNC(=O)OC.COC(=O)NCNC(=O)OC.COC(=O)OC.COC(C)=O.COC(C)=O. The van der Waals surface area contributed by atoms with E-state index in [2.05, 4.69) is 73.4 Å². The van der Waals surface area contributed by atoms with E-state index in [-0.39, 0.29) is 31.0 Å².